The lowest BCUT2D eigenvalue weighted by molar-refractivity contribution is -0.139. The standard InChI is InChI=1S/C16H13ClN4O4S/c1-24-14(23)7-11-6-12(22)19-16(18-11)26-8-13-20-15(21-25-13)9-3-2-4-10(17)5-9/h2-6H,7-8H2,1H3,(H,18,19,22). The zero-order valence-corrected chi connectivity index (χ0v) is 15.1. The maximum Gasteiger partial charge on any atom is 0.311 e. The molecule has 0 amide bonds. The summed E-state index contributed by atoms with van der Waals surface area (Å²) in [6.07, 6.45) is -0.0759. The van der Waals surface area contributed by atoms with Crippen LogP contribution in [0, 0.1) is 0 Å². The van der Waals surface area contributed by atoms with Gasteiger partial charge in [-0.25, -0.2) is 4.98 Å². The molecule has 0 fully saturated rings. The third kappa shape index (κ3) is 4.70. The van der Waals surface area contributed by atoms with Crippen molar-refractivity contribution in [1.82, 2.24) is 20.1 Å². The lowest BCUT2D eigenvalue weighted by Crippen LogP contribution is -2.13. The van der Waals surface area contributed by atoms with Crippen molar-refractivity contribution >= 4 is 29.3 Å². The minimum Gasteiger partial charge on any atom is -0.469 e. The molecule has 0 bridgehead atoms. The average Bonchev–Trinajstić information content (AvgIpc) is 3.08. The number of hydrogen-bond donors (Lipinski definition) is 1. The van der Waals surface area contributed by atoms with Crippen molar-refractivity contribution in [1.29, 1.82) is 0 Å². The molecule has 3 rings (SSSR count). The number of benzene rings is 1. The monoisotopic (exact) mass is 392 g/mol. The molecule has 0 spiro atoms. The molecule has 2 aromatic heterocycles. The van der Waals surface area contributed by atoms with Gasteiger partial charge in [-0.3, -0.25) is 9.59 Å². The van der Waals surface area contributed by atoms with Gasteiger partial charge in [0.1, 0.15) is 0 Å². The molecule has 0 radical (unpaired) electrons. The third-order valence-corrected chi connectivity index (χ3v) is 4.30. The van der Waals surface area contributed by atoms with Crippen molar-refractivity contribution in [3.05, 3.63) is 57.3 Å². The van der Waals surface area contributed by atoms with Crippen LogP contribution < -0.4 is 5.56 Å². The van der Waals surface area contributed by atoms with Crippen molar-refractivity contribution in [2.45, 2.75) is 17.3 Å². The smallest absolute Gasteiger partial charge is 0.311 e. The molecule has 3 aromatic rings. The molecular formula is C16H13ClN4O4S. The van der Waals surface area contributed by atoms with Gasteiger partial charge in [0.25, 0.3) is 5.56 Å². The number of halogens is 1. The fraction of sp³-hybridized carbons (Fsp3) is 0.188. The van der Waals surface area contributed by atoms with E-state index in [1.165, 1.54) is 24.9 Å². The summed E-state index contributed by atoms with van der Waals surface area (Å²) >= 11 is 7.16. The molecule has 1 aromatic carbocycles. The number of nitrogens with zero attached hydrogens (tertiary/aromatic N) is 3. The van der Waals surface area contributed by atoms with E-state index in [9.17, 15) is 9.59 Å². The second-order valence-electron chi connectivity index (χ2n) is 5.11. The van der Waals surface area contributed by atoms with Crippen LogP contribution in [0.5, 0.6) is 0 Å². The molecule has 1 N–H and O–H groups in total. The first-order chi connectivity index (χ1) is 12.5. The van der Waals surface area contributed by atoms with Crippen LogP contribution in [-0.4, -0.2) is 33.2 Å². The van der Waals surface area contributed by atoms with Crippen molar-refractivity contribution in [3.8, 4) is 11.4 Å². The number of methoxy groups -OCH3 is 1. The number of rotatable bonds is 6. The van der Waals surface area contributed by atoms with Crippen molar-refractivity contribution in [2.24, 2.45) is 0 Å². The van der Waals surface area contributed by atoms with E-state index in [2.05, 4.69) is 24.8 Å². The summed E-state index contributed by atoms with van der Waals surface area (Å²) in [6.45, 7) is 0. The highest BCUT2D eigenvalue weighted by Gasteiger charge is 2.12. The molecule has 26 heavy (non-hydrogen) atoms. The quantitative estimate of drug-likeness (QED) is 0.387. The Kier molecular flexibility index (Phi) is 5.69. The van der Waals surface area contributed by atoms with Crippen LogP contribution in [0.15, 0.2) is 44.8 Å². The van der Waals surface area contributed by atoms with Gasteiger partial charge in [-0.1, -0.05) is 40.7 Å². The first kappa shape index (κ1) is 18.2. The van der Waals surface area contributed by atoms with Gasteiger partial charge in [-0.15, -0.1) is 0 Å². The minimum atomic E-state index is -0.470. The highest BCUT2D eigenvalue weighted by atomic mass is 35.5. The van der Waals surface area contributed by atoms with Gasteiger partial charge in [-0.05, 0) is 12.1 Å². The van der Waals surface area contributed by atoms with Crippen molar-refractivity contribution in [2.75, 3.05) is 7.11 Å². The van der Waals surface area contributed by atoms with Gasteiger partial charge in [-0.2, -0.15) is 4.98 Å². The molecule has 0 aliphatic rings. The highest BCUT2D eigenvalue weighted by molar-refractivity contribution is 7.98. The van der Waals surface area contributed by atoms with Crippen LogP contribution in [-0.2, 0) is 21.7 Å². The SMILES string of the molecule is COC(=O)Cc1cc(=O)[nH]c(SCc2nc(-c3cccc(Cl)c3)no2)n1. The van der Waals surface area contributed by atoms with Crippen LogP contribution in [0.2, 0.25) is 5.02 Å². The van der Waals surface area contributed by atoms with Gasteiger partial charge in [0, 0.05) is 16.7 Å². The van der Waals surface area contributed by atoms with Gasteiger partial charge >= 0.3 is 5.97 Å². The maximum absolute atomic E-state index is 11.7. The largest absolute Gasteiger partial charge is 0.469 e. The minimum absolute atomic E-state index is 0.0759. The summed E-state index contributed by atoms with van der Waals surface area (Å²) in [5.74, 6) is 0.621. The highest BCUT2D eigenvalue weighted by Crippen LogP contribution is 2.22. The molecule has 10 heteroatoms. The summed E-state index contributed by atoms with van der Waals surface area (Å²) in [6, 6.07) is 8.36. The number of carbonyl (C=O) groups excluding carboxylic acids is 1. The van der Waals surface area contributed by atoms with E-state index in [4.69, 9.17) is 16.1 Å². The molecule has 0 saturated heterocycles. The molecule has 8 nitrogen and oxygen atoms in total. The van der Waals surface area contributed by atoms with Gasteiger partial charge in [0.15, 0.2) is 5.16 Å². The number of carbonyl (C=O) groups is 1. The third-order valence-electron chi connectivity index (χ3n) is 3.21. The number of aromatic amines is 1. The number of esters is 1. The van der Waals surface area contributed by atoms with E-state index in [-0.39, 0.29) is 12.0 Å². The second kappa shape index (κ2) is 8.15. The number of hydrogen-bond acceptors (Lipinski definition) is 8. The number of H-pyrrole nitrogens is 1. The average molecular weight is 393 g/mol. The fourth-order valence-electron chi connectivity index (χ4n) is 2.05. The first-order valence-corrected chi connectivity index (χ1v) is 8.78. The zero-order valence-electron chi connectivity index (χ0n) is 13.6. The number of nitrogens with one attached hydrogen (secondary N) is 1. The van der Waals surface area contributed by atoms with Crippen LogP contribution >= 0.6 is 23.4 Å². The predicted octanol–water partition coefficient (Wildman–Crippen LogP) is 2.48. The topological polar surface area (TPSA) is 111 Å². The fourth-order valence-corrected chi connectivity index (χ4v) is 2.97. The van der Waals surface area contributed by atoms with E-state index < -0.39 is 5.97 Å². The summed E-state index contributed by atoms with van der Waals surface area (Å²) in [7, 11) is 1.28. The lowest BCUT2D eigenvalue weighted by Gasteiger charge is -2.02. The molecule has 0 aliphatic carbocycles. The molecular weight excluding hydrogens is 380 g/mol. The number of ether oxygens (including phenoxy) is 1. The molecule has 2 heterocycles. The molecule has 134 valence electrons. The normalized spacial score (nSPS) is 10.7. The Bertz CT molecular complexity index is 988. The Balaban J connectivity index is 1.70. The first-order valence-electron chi connectivity index (χ1n) is 7.42. The Morgan fingerprint density at radius 2 is 2.19 bits per heavy atom. The van der Waals surface area contributed by atoms with Crippen LogP contribution in [0.4, 0.5) is 0 Å². The lowest BCUT2D eigenvalue weighted by atomic mass is 10.2. The predicted molar refractivity (Wildman–Crippen MR) is 94.9 cm³/mol. The summed E-state index contributed by atoms with van der Waals surface area (Å²) in [5, 5.41) is 4.84. The Hall–Kier alpha value is -2.65. The van der Waals surface area contributed by atoms with E-state index in [0.717, 1.165) is 5.56 Å². The molecule has 0 atom stereocenters. The van der Waals surface area contributed by atoms with Gasteiger partial charge < -0.3 is 14.2 Å². The van der Waals surface area contributed by atoms with Crippen LogP contribution in [0.3, 0.4) is 0 Å². The van der Waals surface area contributed by atoms with Gasteiger partial charge in [0.2, 0.25) is 11.7 Å². The van der Waals surface area contributed by atoms with Crippen molar-refractivity contribution in [3.63, 3.8) is 0 Å². The summed E-state index contributed by atoms with van der Waals surface area (Å²) in [5.41, 5.74) is 0.712. The summed E-state index contributed by atoms with van der Waals surface area (Å²) < 4.78 is 9.78. The zero-order chi connectivity index (χ0) is 18.5. The maximum atomic E-state index is 11.7. The number of aromatic nitrogens is 4. The van der Waals surface area contributed by atoms with E-state index >= 15 is 0 Å². The van der Waals surface area contributed by atoms with Crippen LogP contribution in [0.1, 0.15) is 11.6 Å². The summed E-state index contributed by atoms with van der Waals surface area (Å²) in [4.78, 5) is 34.1. The van der Waals surface area contributed by atoms with E-state index in [0.29, 0.717) is 33.3 Å². The Morgan fingerprint density at radius 1 is 1.35 bits per heavy atom. The molecule has 0 saturated carbocycles. The van der Waals surface area contributed by atoms with Gasteiger partial charge in [0.05, 0.1) is 25.0 Å². The molecule has 0 aliphatic heterocycles. The van der Waals surface area contributed by atoms with E-state index in [1.54, 1.807) is 18.2 Å². The Labute approximate surface area is 156 Å². The second-order valence-corrected chi connectivity index (χ2v) is 6.51. The molecule has 0 unspecified atom stereocenters. The Morgan fingerprint density at radius 3 is 2.96 bits per heavy atom. The van der Waals surface area contributed by atoms with E-state index in [1.807, 2.05) is 6.07 Å². The van der Waals surface area contributed by atoms with Crippen LogP contribution in [0.25, 0.3) is 11.4 Å². The van der Waals surface area contributed by atoms with Crippen molar-refractivity contribution < 1.29 is 14.1 Å². The number of thioether (sulfide) groups is 1.